The van der Waals surface area contributed by atoms with Crippen LogP contribution in [0, 0.1) is 0 Å². The van der Waals surface area contributed by atoms with Gasteiger partial charge < -0.3 is 9.15 Å². The molecule has 6 nitrogen and oxygen atoms in total. The number of ether oxygens (including phenoxy) is 1. The van der Waals surface area contributed by atoms with E-state index in [0.29, 0.717) is 42.5 Å². The minimum absolute atomic E-state index is 0.131. The number of carbonyl (C=O) groups excluding carboxylic acids is 2. The molecule has 1 saturated heterocycles. The molecular weight excluding hydrogens is 284 g/mol. The van der Waals surface area contributed by atoms with Gasteiger partial charge in [-0.05, 0) is 0 Å². The summed E-state index contributed by atoms with van der Waals surface area (Å²) in [6.45, 7) is 3.48. The zero-order valence-electron chi connectivity index (χ0n) is 11.9. The van der Waals surface area contributed by atoms with E-state index >= 15 is 0 Å². The van der Waals surface area contributed by atoms with Crippen molar-refractivity contribution >= 4 is 11.6 Å². The van der Waals surface area contributed by atoms with E-state index in [2.05, 4.69) is 9.88 Å². The molecule has 4 rings (SSSR count). The highest BCUT2D eigenvalue weighted by atomic mass is 16.5. The Bertz CT molecular complexity index is 759. The molecule has 2 aromatic rings. The first-order valence-corrected chi connectivity index (χ1v) is 7.22. The van der Waals surface area contributed by atoms with Crippen LogP contribution in [-0.2, 0) is 11.3 Å². The molecule has 0 unspecified atom stereocenters. The summed E-state index contributed by atoms with van der Waals surface area (Å²) >= 11 is 0. The summed E-state index contributed by atoms with van der Waals surface area (Å²) in [7, 11) is 0. The first kappa shape index (κ1) is 13.4. The summed E-state index contributed by atoms with van der Waals surface area (Å²) < 4.78 is 11.1. The number of aromatic nitrogens is 1. The first-order valence-electron chi connectivity index (χ1n) is 7.22. The number of morpholine rings is 1. The molecule has 1 aromatic carbocycles. The number of carbonyl (C=O) groups is 2. The molecule has 2 heterocycles. The van der Waals surface area contributed by atoms with Crippen LogP contribution < -0.4 is 0 Å². The van der Waals surface area contributed by atoms with Gasteiger partial charge in [0.15, 0.2) is 11.5 Å². The maximum absolute atomic E-state index is 12.2. The Morgan fingerprint density at radius 2 is 1.77 bits per heavy atom. The van der Waals surface area contributed by atoms with Crippen molar-refractivity contribution in [2.75, 3.05) is 26.3 Å². The van der Waals surface area contributed by atoms with Gasteiger partial charge in [-0.3, -0.25) is 14.5 Å². The van der Waals surface area contributed by atoms with Crippen LogP contribution in [0.15, 0.2) is 28.7 Å². The molecule has 0 amide bonds. The minimum atomic E-state index is -0.592. The fraction of sp³-hybridized carbons (Fsp3) is 0.312. The van der Waals surface area contributed by atoms with Crippen molar-refractivity contribution in [3.63, 3.8) is 0 Å². The SMILES string of the molecule is O=C1C(=O)c2nc(CN3CCOCC3)oc2-c2ccccc21. The van der Waals surface area contributed by atoms with Gasteiger partial charge in [0.1, 0.15) is 0 Å². The molecule has 112 valence electrons. The maximum atomic E-state index is 12.2. The third-order valence-electron chi connectivity index (χ3n) is 3.97. The molecular formula is C16H14N2O4. The topological polar surface area (TPSA) is 72.6 Å². The smallest absolute Gasteiger partial charge is 0.255 e. The average molecular weight is 298 g/mol. The molecule has 22 heavy (non-hydrogen) atoms. The van der Waals surface area contributed by atoms with Crippen LogP contribution in [-0.4, -0.2) is 47.8 Å². The van der Waals surface area contributed by atoms with Crippen molar-refractivity contribution < 1.29 is 18.7 Å². The number of benzene rings is 1. The van der Waals surface area contributed by atoms with Crippen molar-refractivity contribution in [1.82, 2.24) is 9.88 Å². The van der Waals surface area contributed by atoms with Crippen molar-refractivity contribution in [3.05, 3.63) is 41.4 Å². The van der Waals surface area contributed by atoms with Crippen LogP contribution in [0.25, 0.3) is 11.3 Å². The quantitative estimate of drug-likeness (QED) is 0.783. The summed E-state index contributed by atoms with van der Waals surface area (Å²) in [4.78, 5) is 30.7. The van der Waals surface area contributed by atoms with Crippen LogP contribution in [0.4, 0.5) is 0 Å². The first-order chi connectivity index (χ1) is 10.7. The Morgan fingerprint density at radius 3 is 2.55 bits per heavy atom. The van der Waals surface area contributed by atoms with E-state index in [1.165, 1.54) is 0 Å². The molecule has 0 bridgehead atoms. The van der Waals surface area contributed by atoms with Crippen LogP contribution >= 0.6 is 0 Å². The van der Waals surface area contributed by atoms with Crippen molar-refractivity contribution in [2.45, 2.75) is 6.54 Å². The Labute approximate surface area is 126 Å². The Hall–Kier alpha value is -2.31. The zero-order valence-corrected chi connectivity index (χ0v) is 11.9. The molecule has 0 atom stereocenters. The summed E-state index contributed by atoms with van der Waals surface area (Å²) in [5.74, 6) is -0.242. The van der Waals surface area contributed by atoms with Crippen molar-refractivity contribution in [3.8, 4) is 11.3 Å². The molecule has 0 N–H and O–H groups in total. The fourth-order valence-electron chi connectivity index (χ4n) is 2.83. The van der Waals surface area contributed by atoms with E-state index in [9.17, 15) is 9.59 Å². The van der Waals surface area contributed by atoms with E-state index < -0.39 is 11.6 Å². The lowest BCUT2D eigenvalue weighted by Crippen LogP contribution is -2.35. The maximum Gasteiger partial charge on any atom is 0.255 e. The van der Waals surface area contributed by atoms with Crippen LogP contribution in [0.3, 0.4) is 0 Å². The van der Waals surface area contributed by atoms with Gasteiger partial charge in [-0.2, -0.15) is 0 Å². The second-order valence-electron chi connectivity index (χ2n) is 5.38. The average Bonchev–Trinajstić information content (AvgIpc) is 2.98. The van der Waals surface area contributed by atoms with E-state index in [0.717, 1.165) is 13.1 Å². The largest absolute Gasteiger partial charge is 0.438 e. The monoisotopic (exact) mass is 298 g/mol. The summed E-state index contributed by atoms with van der Waals surface area (Å²) in [6.07, 6.45) is 0. The number of fused-ring (bicyclic) bond motifs is 3. The predicted octanol–water partition coefficient (Wildman–Crippen LogP) is 1.55. The summed E-state index contributed by atoms with van der Waals surface area (Å²) in [6, 6.07) is 6.97. The molecule has 0 spiro atoms. The van der Waals surface area contributed by atoms with Gasteiger partial charge in [0.05, 0.1) is 19.8 Å². The van der Waals surface area contributed by atoms with Crippen molar-refractivity contribution in [2.24, 2.45) is 0 Å². The summed E-state index contributed by atoms with van der Waals surface area (Å²) in [5.41, 5.74) is 1.16. The highest BCUT2D eigenvalue weighted by molar-refractivity contribution is 6.52. The number of hydrogen-bond acceptors (Lipinski definition) is 6. The number of rotatable bonds is 2. The van der Waals surface area contributed by atoms with Crippen LogP contribution in [0.5, 0.6) is 0 Å². The molecule has 2 aliphatic rings. The molecule has 1 aliphatic carbocycles. The second-order valence-corrected chi connectivity index (χ2v) is 5.38. The molecule has 6 heteroatoms. The van der Waals surface area contributed by atoms with Gasteiger partial charge in [0.2, 0.25) is 11.7 Å². The number of Topliss-reactive ketones (excluding diaryl/α,β-unsaturated/α-hetero) is 2. The predicted molar refractivity (Wildman–Crippen MR) is 76.7 cm³/mol. The highest BCUT2D eigenvalue weighted by Gasteiger charge is 2.35. The lowest BCUT2D eigenvalue weighted by atomic mass is 9.91. The van der Waals surface area contributed by atoms with Gasteiger partial charge in [-0.25, -0.2) is 4.98 Å². The standard InChI is InChI=1S/C16H14N2O4/c19-14-10-3-1-2-4-11(10)16-13(15(14)20)17-12(22-16)9-18-5-7-21-8-6-18/h1-4H,5-9H2. The van der Waals surface area contributed by atoms with Crippen molar-refractivity contribution in [1.29, 1.82) is 0 Å². The third kappa shape index (κ3) is 2.08. The molecule has 1 aliphatic heterocycles. The van der Waals surface area contributed by atoms with Crippen LogP contribution in [0.1, 0.15) is 26.7 Å². The number of ketones is 2. The van der Waals surface area contributed by atoms with Gasteiger partial charge in [-0.1, -0.05) is 24.3 Å². The fourth-order valence-corrected chi connectivity index (χ4v) is 2.83. The Morgan fingerprint density at radius 1 is 1.05 bits per heavy atom. The second kappa shape index (κ2) is 5.15. The van der Waals surface area contributed by atoms with Gasteiger partial charge in [-0.15, -0.1) is 0 Å². The van der Waals surface area contributed by atoms with Gasteiger partial charge >= 0.3 is 0 Å². The van der Waals surface area contributed by atoms with E-state index in [1.54, 1.807) is 18.2 Å². The van der Waals surface area contributed by atoms with Gasteiger partial charge in [0, 0.05) is 24.2 Å². The molecule has 1 fully saturated rings. The minimum Gasteiger partial charge on any atom is -0.438 e. The Kier molecular flexibility index (Phi) is 3.13. The zero-order chi connectivity index (χ0) is 15.1. The third-order valence-corrected chi connectivity index (χ3v) is 3.97. The van der Waals surface area contributed by atoms with Gasteiger partial charge in [0.25, 0.3) is 5.78 Å². The van der Waals surface area contributed by atoms with E-state index in [4.69, 9.17) is 9.15 Å². The van der Waals surface area contributed by atoms with E-state index in [1.807, 2.05) is 6.07 Å². The summed E-state index contributed by atoms with van der Waals surface area (Å²) in [5, 5.41) is 0. The lowest BCUT2D eigenvalue weighted by molar-refractivity contribution is 0.0306. The van der Waals surface area contributed by atoms with E-state index in [-0.39, 0.29) is 5.69 Å². The molecule has 0 saturated carbocycles. The lowest BCUT2D eigenvalue weighted by Gasteiger charge is -2.24. The number of oxazole rings is 1. The number of hydrogen-bond donors (Lipinski definition) is 0. The molecule has 1 aromatic heterocycles. The van der Waals surface area contributed by atoms with Crippen LogP contribution in [0.2, 0.25) is 0 Å². The normalized spacial score (nSPS) is 18.2. The highest BCUT2D eigenvalue weighted by Crippen LogP contribution is 2.34. The Balaban J connectivity index is 1.72. The number of nitrogens with zero attached hydrogens (tertiary/aromatic N) is 2. The molecule has 0 radical (unpaired) electrons.